The quantitative estimate of drug-likeness (QED) is 0.209. The predicted molar refractivity (Wildman–Crippen MR) is 156 cm³/mol. The van der Waals surface area contributed by atoms with Crippen LogP contribution in [-0.2, 0) is 0 Å². The Morgan fingerprint density at radius 2 is 1.18 bits per heavy atom. The zero-order valence-corrected chi connectivity index (χ0v) is 22.4. The van der Waals surface area contributed by atoms with Gasteiger partial charge in [-0.1, -0.05) is 56.7 Å². The maximum Gasteiger partial charge on any atom is 0.119 e. The molecule has 0 saturated heterocycles. The zero-order valence-electron chi connectivity index (χ0n) is 22.4. The minimum atomic E-state index is 0.682. The summed E-state index contributed by atoms with van der Waals surface area (Å²) in [5.74, 6) is 2.44. The molecule has 5 rings (SSSR count). The lowest BCUT2D eigenvalue weighted by Crippen LogP contribution is -2.12. The molecular weight excluding hydrogens is 468 g/mol. The van der Waals surface area contributed by atoms with Gasteiger partial charge in [-0.2, -0.15) is 10.2 Å². The number of nitrogens with zero attached hydrogens (tertiary/aromatic N) is 4. The van der Waals surface area contributed by atoms with Gasteiger partial charge in [-0.05, 0) is 98.0 Å². The average Bonchev–Trinajstić information content (AvgIpc) is 2.99. The smallest absolute Gasteiger partial charge is 0.119 e. The van der Waals surface area contributed by atoms with E-state index in [4.69, 9.17) is 4.74 Å². The third-order valence-electron chi connectivity index (χ3n) is 7.52. The van der Waals surface area contributed by atoms with Crippen molar-refractivity contribution in [3.8, 4) is 5.75 Å². The summed E-state index contributed by atoms with van der Waals surface area (Å²) < 4.78 is 5.65. The monoisotopic (exact) mass is 504 g/mol. The van der Waals surface area contributed by atoms with Gasteiger partial charge in [-0.15, -0.1) is 10.2 Å². The molecule has 38 heavy (non-hydrogen) atoms. The van der Waals surface area contributed by atoms with Crippen LogP contribution in [0.15, 0.2) is 105 Å². The van der Waals surface area contributed by atoms with E-state index in [9.17, 15) is 0 Å². The second kappa shape index (κ2) is 12.6. The molecule has 0 aliphatic heterocycles. The molecular formula is C33H36N4O. The highest BCUT2D eigenvalue weighted by atomic mass is 16.5. The number of hydrogen-bond acceptors (Lipinski definition) is 5. The molecule has 1 saturated carbocycles. The van der Waals surface area contributed by atoms with Gasteiger partial charge in [0.25, 0.3) is 0 Å². The number of azo groups is 2. The fourth-order valence-corrected chi connectivity index (χ4v) is 5.21. The lowest BCUT2D eigenvalue weighted by atomic mass is 9.78. The number of rotatable bonds is 9. The molecule has 4 aromatic rings. The van der Waals surface area contributed by atoms with Gasteiger partial charge >= 0.3 is 0 Å². The Morgan fingerprint density at radius 1 is 0.632 bits per heavy atom. The molecule has 0 unspecified atom stereocenters. The highest BCUT2D eigenvalue weighted by molar-refractivity contribution is 5.99. The summed E-state index contributed by atoms with van der Waals surface area (Å²) in [5.41, 5.74) is 4.70. The molecule has 1 aliphatic carbocycles. The number of benzene rings is 4. The summed E-state index contributed by atoms with van der Waals surface area (Å²) in [6.07, 6.45) is 7.60. The standard InChI is InChI=1S/C33H36N4O/c1-3-23-38-29-19-17-28(18-20-29)35-37-33-22-21-32(30-7-5-6-8-31(30)33)36-34-27-15-13-26(14-16-27)25-11-9-24(4-2)10-12-25/h5-8,13-22,24-25H,3-4,9-12,23H2,1-2H3. The van der Waals surface area contributed by atoms with Crippen LogP contribution in [0.1, 0.15) is 63.9 Å². The van der Waals surface area contributed by atoms with Crippen molar-refractivity contribution in [2.75, 3.05) is 6.61 Å². The lowest BCUT2D eigenvalue weighted by molar-refractivity contribution is 0.317. The van der Waals surface area contributed by atoms with Crippen LogP contribution in [0.2, 0.25) is 0 Å². The van der Waals surface area contributed by atoms with Crippen molar-refractivity contribution in [3.05, 3.63) is 90.5 Å². The van der Waals surface area contributed by atoms with Crippen LogP contribution in [0.25, 0.3) is 10.8 Å². The third kappa shape index (κ3) is 6.34. The summed E-state index contributed by atoms with van der Waals surface area (Å²) in [6.45, 7) is 5.12. The van der Waals surface area contributed by atoms with Gasteiger partial charge in [0.2, 0.25) is 0 Å². The van der Waals surface area contributed by atoms with E-state index in [0.717, 1.165) is 51.6 Å². The van der Waals surface area contributed by atoms with Crippen LogP contribution >= 0.6 is 0 Å². The molecule has 5 heteroatoms. The maximum absolute atomic E-state index is 5.65. The SMILES string of the molecule is CCCOc1ccc(N=Nc2ccc(N=Nc3ccc(C4CCC(CC)CC4)cc3)c3ccccc23)cc1. The first-order valence-corrected chi connectivity index (χ1v) is 13.9. The molecule has 0 bridgehead atoms. The van der Waals surface area contributed by atoms with Gasteiger partial charge in [0.1, 0.15) is 5.75 Å². The fraction of sp³-hybridized carbons (Fsp3) is 0.333. The first kappa shape index (κ1) is 25.8. The van der Waals surface area contributed by atoms with Gasteiger partial charge in [0, 0.05) is 10.8 Å². The van der Waals surface area contributed by atoms with E-state index in [1.807, 2.05) is 54.6 Å². The summed E-state index contributed by atoms with van der Waals surface area (Å²) in [4.78, 5) is 0. The normalized spacial score (nSPS) is 17.9. The molecule has 4 aromatic carbocycles. The lowest BCUT2D eigenvalue weighted by Gasteiger charge is -2.28. The van der Waals surface area contributed by atoms with Gasteiger partial charge in [0.05, 0.1) is 29.4 Å². The molecule has 194 valence electrons. The Labute approximate surface area is 225 Å². The molecule has 1 fully saturated rings. The van der Waals surface area contributed by atoms with Crippen molar-refractivity contribution in [3.63, 3.8) is 0 Å². The molecule has 0 spiro atoms. The maximum atomic E-state index is 5.65. The number of hydrogen-bond donors (Lipinski definition) is 0. The first-order chi connectivity index (χ1) is 18.7. The molecule has 1 aliphatic rings. The second-order valence-electron chi connectivity index (χ2n) is 10.1. The van der Waals surface area contributed by atoms with Crippen LogP contribution in [0, 0.1) is 5.92 Å². The fourth-order valence-electron chi connectivity index (χ4n) is 5.21. The highest BCUT2D eigenvalue weighted by Gasteiger charge is 2.21. The van der Waals surface area contributed by atoms with Crippen LogP contribution < -0.4 is 4.74 Å². The zero-order chi connectivity index (χ0) is 26.2. The predicted octanol–water partition coefficient (Wildman–Crippen LogP) is 11.1. The van der Waals surface area contributed by atoms with Gasteiger partial charge < -0.3 is 4.74 Å². The number of ether oxygens (including phenoxy) is 1. The summed E-state index contributed by atoms with van der Waals surface area (Å²) in [5, 5.41) is 20.1. The van der Waals surface area contributed by atoms with Gasteiger partial charge in [-0.25, -0.2) is 0 Å². The molecule has 0 radical (unpaired) electrons. The van der Waals surface area contributed by atoms with Crippen molar-refractivity contribution in [1.29, 1.82) is 0 Å². The van der Waals surface area contributed by atoms with Crippen LogP contribution in [0.3, 0.4) is 0 Å². The van der Waals surface area contributed by atoms with Gasteiger partial charge in [0.15, 0.2) is 0 Å². The molecule has 0 heterocycles. The second-order valence-corrected chi connectivity index (χ2v) is 10.1. The first-order valence-electron chi connectivity index (χ1n) is 13.9. The summed E-state index contributed by atoms with van der Waals surface area (Å²) >= 11 is 0. The van der Waals surface area contributed by atoms with E-state index >= 15 is 0 Å². The Balaban J connectivity index is 1.30. The molecule has 0 amide bonds. The van der Waals surface area contributed by atoms with Crippen molar-refractivity contribution >= 4 is 33.5 Å². The Morgan fingerprint density at radius 3 is 1.71 bits per heavy atom. The van der Waals surface area contributed by atoms with E-state index in [-0.39, 0.29) is 0 Å². The Hall–Kier alpha value is -3.86. The molecule has 0 aromatic heterocycles. The van der Waals surface area contributed by atoms with E-state index in [2.05, 4.69) is 64.6 Å². The molecule has 0 N–H and O–H groups in total. The van der Waals surface area contributed by atoms with Crippen LogP contribution in [-0.4, -0.2) is 6.61 Å². The van der Waals surface area contributed by atoms with Crippen molar-refractivity contribution in [1.82, 2.24) is 0 Å². The van der Waals surface area contributed by atoms with E-state index in [0.29, 0.717) is 12.5 Å². The van der Waals surface area contributed by atoms with Crippen molar-refractivity contribution in [2.45, 2.75) is 58.3 Å². The largest absolute Gasteiger partial charge is 0.494 e. The molecule has 5 nitrogen and oxygen atoms in total. The minimum absolute atomic E-state index is 0.682. The van der Waals surface area contributed by atoms with Crippen molar-refractivity contribution < 1.29 is 4.74 Å². The van der Waals surface area contributed by atoms with E-state index < -0.39 is 0 Å². The van der Waals surface area contributed by atoms with Crippen LogP contribution in [0.4, 0.5) is 22.7 Å². The summed E-state index contributed by atoms with van der Waals surface area (Å²) in [6, 6.07) is 28.4. The Bertz CT molecular complexity index is 1390. The van der Waals surface area contributed by atoms with E-state index in [1.165, 1.54) is 37.7 Å². The van der Waals surface area contributed by atoms with Crippen LogP contribution in [0.5, 0.6) is 5.75 Å². The average molecular weight is 505 g/mol. The third-order valence-corrected chi connectivity index (χ3v) is 7.52. The highest BCUT2D eigenvalue weighted by Crippen LogP contribution is 2.38. The summed E-state index contributed by atoms with van der Waals surface area (Å²) in [7, 11) is 0. The van der Waals surface area contributed by atoms with E-state index in [1.54, 1.807) is 0 Å². The minimum Gasteiger partial charge on any atom is -0.494 e. The Kier molecular flexibility index (Phi) is 8.54. The van der Waals surface area contributed by atoms with Crippen molar-refractivity contribution in [2.24, 2.45) is 26.4 Å². The van der Waals surface area contributed by atoms with Gasteiger partial charge in [-0.3, -0.25) is 0 Å². The molecule has 0 atom stereocenters. The number of fused-ring (bicyclic) bond motifs is 1. The topological polar surface area (TPSA) is 58.7 Å².